The van der Waals surface area contributed by atoms with Gasteiger partial charge >= 0.3 is 6.09 Å². The van der Waals surface area contributed by atoms with Crippen LogP contribution in [0.25, 0.3) is 0 Å². The van der Waals surface area contributed by atoms with E-state index >= 15 is 0 Å². The maximum absolute atomic E-state index is 13.0. The van der Waals surface area contributed by atoms with Crippen LogP contribution < -0.4 is 10.6 Å². The highest BCUT2D eigenvalue weighted by molar-refractivity contribution is 7.90. The molecule has 3 rings (SSSR count). The van der Waals surface area contributed by atoms with Gasteiger partial charge in [0.15, 0.2) is 9.84 Å². The second kappa shape index (κ2) is 10.7. The summed E-state index contributed by atoms with van der Waals surface area (Å²) in [5, 5.41) is 5.71. The number of rotatable bonds is 8. The van der Waals surface area contributed by atoms with Crippen molar-refractivity contribution in [2.24, 2.45) is 0 Å². The molecule has 0 spiro atoms. The van der Waals surface area contributed by atoms with Gasteiger partial charge in [-0.2, -0.15) is 0 Å². The molecule has 0 saturated carbocycles. The highest BCUT2D eigenvalue weighted by Crippen LogP contribution is 2.17. The number of alkyl carbamates (subject to hydrolysis) is 1. The van der Waals surface area contributed by atoms with Gasteiger partial charge in [-0.1, -0.05) is 12.1 Å². The van der Waals surface area contributed by atoms with Gasteiger partial charge in [-0.3, -0.25) is 4.90 Å². The summed E-state index contributed by atoms with van der Waals surface area (Å²) in [5.41, 5.74) is 1.06. The highest BCUT2D eigenvalue weighted by Gasteiger charge is 2.23. The Kier molecular flexibility index (Phi) is 7.97. The molecule has 2 aromatic rings. The summed E-state index contributed by atoms with van der Waals surface area (Å²) in [4.78, 5) is 22.4. The summed E-state index contributed by atoms with van der Waals surface area (Å²) in [5.74, 6) is 0.0293. The first-order valence-electron chi connectivity index (χ1n) is 10.4. The Morgan fingerprint density at radius 2 is 1.84 bits per heavy atom. The van der Waals surface area contributed by atoms with E-state index in [2.05, 4.69) is 25.5 Å². The second-order valence-corrected chi connectivity index (χ2v) is 9.96. The van der Waals surface area contributed by atoms with Crippen LogP contribution in [0.5, 0.6) is 0 Å². The first kappa shape index (κ1) is 23.9. The fourth-order valence-electron chi connectivity index (χ4n) is 3.31. The van der Waals surface area contributed by atoms with E-state index in [0.717, 1.165) is 44.3 Å². The molecule has 0 radical (unpaired) electrons. The van der Waals surface area contributed by atoms with Gasteiger partial charge in [0.1, 0.15) is 16.8 Å². The number of halogens is 1. The minimum Gasteiger partial charge on any atom is -0.446 e. The molecule has 1 aliphatic rings. The van der Waals surface area contributed by atoms with Crippen LogP contribution >= 0.6 is 0 Å². The zero-order valence-electron chi connectivity index (χ0n) is 18.1. The fraction of sp³-hybridized carbons (Fsp3) is 0.476. The zero-order chi connectivity index (χ0) is 23.1. The second-order valence-electron chi connectivity index (χ2n) is 7.95. The quantitative estimate of drug-likeness (QED) is 0.610. The van der Waals surface area contributed by atoms with Crippen molar-refractivity contribution in [1.82, 2.24) is 20.2 Å². The predicted octanol–water partition coefficient (Wildman–Crippen LogP) is 2.21. The van der Waals surface area contributed by atoms with E-state index in [4.69, 9.17) is 4.74 Å². The monoisotopic (exact) mass is 465 g/mol. The van der Waals surface area contributed by atoms with Gasteiger partial charge < -0.3 is 15.4 Å². The van der Waals surface area contributed by atoms with Gasteiger partial charge in [-0.15, -0.1) is 0 Å². The molecule has 0 unspecified atom stereocenters. The van der Waals surface area contributed by atoms with E-state index in [-0.39, 0.29) is 28.8 Å². The van der Waals surface area contributed by atoms with Crippen molar-refractivity contribution < 1.29 is 22.3 Å². The Morgan fingerprint density at radius 3 is 2.44 bits per heavy atom. The number of likely N-dealkylation sites (tertiary alicyclic amines) is 1. The van der Waals surface area contributed by atoms with Crippen LogP contribution in [0.2, 0.25) is 0 Å². The third-order valence-corrected chi connectivity index (χ3v) is 6.18. The van der Waals surface area contributed by atoms with Gasteiger partial charge in [-0.05, 0) is 37.5 Å². The largest absolute Gasteiger partial charge is 0.446 e. The summed E-state index contributed by atoms with van der Waals surface area (Å²) >= 11 is 0. The number of benzene rings is 1. The van der Waals surface area contributed by atoms with Gasteiger partial charge in [0, 0.05) is 38.5 Å². The first-order chi connectivity index (χ1) is 15.2. The molecule has 2 N–H and O–H groups in total. The Morgan fingerprint density at radius 1 is 1.22 bits per heavy atom. The molecule has 0 aliphatic carbocycles. The lowest BCUT2D eigenvalue weighted by molar-refractivity contribution is 0.0475. The SMILES string of the molecule is C[C@H](CNc1ncc(S(C)(=O)=O)cn1)NC(=O)OC1CCN(Cc2ccc(F)cc2)CC1. The Labute approximate surface area is 187 Å². The van der Waals surface area contributed by atoms with E-state index < -0.39 is 15.9 Å². The van der Waals surface area contributed by atoms with E-state index in [1.54, 1.807) is 12.1 Å². The molecule has 1 aliphatic heterocycles. The van der Waals surface area contributed by atoms with Crippen LogP contribution in [-0.4, -0.2) is 67.4 Å². The summed E-state index contributed by atoms with van der Waals surface area (Å²) < 4.78 is 41.4. The van der Waals surface area contributed by atoms with Crippen LogP contribution in [0.1, 0.15) is 25.3 Å². The van der Waals surface area contributed by atoms with Crippen molar-refractivity contribution in [3.63, 3.8) is 0 Å². The smallest absolute Gasteiger partial charge is 0.407 e. The molecule has 1 amide bonds. The third-order valence-electron chi connectivity index (χ3n) is 5.11. The molecule has 9 nitrogen and oxygen atoms in total. The Balaban J connectivity index is 1.35. The predicted molar refractivity (Wildman–Crippen MR) is 117 cm³/mol. The number of ether oxygens (including phenoxy) is 1. The van der Waals surface area contributed by atoms with Crippen LogP contribution in [0, 0.1) is 5.82 Å². The molecule has 1 aromatic carbocycles. The molecule has 32 heavy (non-hydrogen) atoms. The number of anilines is 1. The molecule has 1 fully saturated rings. The average Bonchev–Trinajstić information content (AvgIpc) is 2.75. The van der Waals surface area contributed by atoms with Crippen LogP contribution in [-0.2, 0) is 21.1 Å². The lowest BCUT2D eigenvalue weighted by atomic mass is 10.1. The van der Waals surface area contributed by atoms with Crippen molar-refractivity contribution in [3.05, 3.63) is 48.0 Å². The van der Waals surface area contributed by atoms with Crippen molar-refractivity contribution in [2.45, 2.75) is 43.4 Å². The van der Waals surface area contributed by atoms with E-state index in [1.807, 2.05) is 6.92 Å². The number of carbonyl (C=O) groups is 1. The van der Waals surface area contributed by atoms with E-state index in [1.165, 1.54) is 24.5 Å². The molecule has 2 heterocycles. The van der Waals surface area contributed by atoms with Gasteiger partial charge in [0.25, 0.3) is 0 Å². The van der Waals surface area contributed by atoms with Crippen molar-refractivity contribution >= 4 is 21.9 Å². The van der Waals surface area contributed by atoms with E-state index in [0.29, 0.717) is 6.54 Å². The molecule has 0 bridgehead atoms. The maximum atomic E-state index is 13.0. The summed E-state index contributed by atoms with van der Waals surface area (Å²) in [6, 6.07) is 6.24. The number of carbonyl (C=O) groups excluding carboxylic acids is 1. The van der Waals surface area contributed by atoms with E-state index in [9.17, 15) is 17.6 Å². The number of sulfone groups is 1. The van der Waals surface area contributed by atoms with Gasteiger partial charge in [0.05, 0.1) is 12.4 Å². The summed E-state index contributed by atoms with van der Waals surface area (Å²) in [6.45, 7) is 4.50. The molecule has 174 valence electrons. The number of amides is 1. The standard InChI is InChI=1S/C21H28FN5O4S/c1-15(11-23-20-24-12-19(13-25-20)32(2,29)30)26-21(28)31-18-7-9-27(10-8-18)14-16-3-5-17(22)6-4-16/h3-6,12-13,15,18H,7-11,14H2,1-2H3,(H,26,28)(H,23,24,25)/t15-/m1/s1. The van der Waals surface area contributed by atoms with Crippen molar-refractivity contribution in [1.29, 1.82) is 0 Å². The Bertz CT molecular complexity index is 994. The van der Waals surface area contributed by atoms with Crippen LogP contribution in [0.3, 0.4) is 0 Å². The third kappa shape index (κ3) is 7.41. The molecular formula is C21H28FN5O4S. The molecule has 1 aromatic heterocycles. The Hall–Kier alpha value is -2.79. The number of nitrogens with one attached hydrogen (secondary N) is 2. The number of aromatic nitrogens is 2. The molecule has 1 saturated heterocycles. The average molecular weight is 466 g/mol. The van der Waals surface area contributed by atoms with Gasteiger partial charge in [0.2, 0.25) is 5.95 Å². The minimum atomic E-state index is -3.34. The summed E-state index contributed by atoms with van der Waals surface area (Å²) in [7, 11) is -3.34. The van der Waals surface area contributed by atoms with Gasteiger partial charge in [-0.25, -0.2) is 27.6 Å². The number of nitrogens with zero attached hydrogens (tertiary/aromatic N) is 3. The van der Waals surface area contributed by atoms with Crippen LogP contribution in [0.15, 0.2) is 41.6 Å². The fourth-order valence-corrected chi connectivity index (χ4v) is 3.80. The number of hydrogen-bond donors (Lipinski definition) is 2. The molecular weight excluding hydrogens is 437 g/mol. The summed E-state index contributed by atoms with van der Waals surface area (Å²) in [6.07, 6.45) is 4.41. The van der Waals surface area contributed by atoms with Crippen molar-refractivity contribution in [3.8, 4) is 0 Å². The molecule has 1 atom stereocenters. The number of hydrogen-bond acceptors (Lipinski definition) is 8. The topological polar surface area (TPSA) is 114 Å². The molecule has 11 heteroatoms. The first-order valence-corrected chi connectivity index (χ1v) is 12.3. The zero-order valence-corrected chi connectivity index (χ0v) is 18.9. The lowest BCUT2D eigenvalue weighted by Crippen LogP contribution is -2.42. The maximum Gasteiger partial charge on any atom is 0.407 e. The minimum absolute atomic E-state index is 0.0431. The normalized spacial score (nSPS) is 16.3. The van der Waals surface area contributed by atoms with Crippen LogP contribution in [0.4, 0.5) is 15.1 Å². The highest BCUT2D eigenvalue weighted by atomic mass is 32.2. The van der Waals surface area contributed by atoms with Crippen molar-refractivity contribution in [2.75, 3.05) is 31.2 Å². The lowest BCUT2D eigenvalue weighted by Gasteiger charge is -2.31. The number of piperidine rings is 1.